The van der Waals surface area contributed by atoms with E-state index in [0.717, 1.165) is 48.9 Å². The van der Waals surface area contributed by atoms with Gasteiger partial charge in [0.15, 0.2) is 11.6 Å². The van der Waals surface area contributed by atoms with Gasteiger partial charge in [0, 0.05) is 74.9 Å². The molecule has 2 atom stereocenters. The van der Waals surface area contributed by atoms with Gasteiger partial charge < -0.3 is 19.3 Å². The van der Waals surface area contributed by atoms with Crippen LogP contribution in [0.25, 0.3) is 32.9 Å². The molecule has 3 fully saturated rings. The van der Waals surface area contributed by atoms with Crippen molar-refractivity contribution in [1.82, 2.24) is 29.7 Å². The Hall–Kier alpha value is -4.29. The van der Waals surface area contributed by atoms with E-state index in [1.54, 1.807) is 18.6 Å². The number of fused-ring (bicyclic) bond motifs is 4. The lowest BCUT2D eigenvalue weighted by Gasteiger charge is -2.35. The summed E-state index contributed by atoms with van der Waals surface area (Å²) in [5.74, 6) is -1.86. The molecule has 2 bridgehead atoms. The minimum absolute atomic E-state index is 0.0673. The highest BCUT2D eigenvalue weighted by Crippen LogP contribution is 2.36. The van der Waals surface area contributed by atoms with Crippen LogP contribution in [0.5, 0.6) is 6.01 Å². The van der Waals surface area contributed by atoms with E-state index in [0.29, 0.717) is 48.6 Å². The molecular formula is C32H33F2N7O3. The summed E-state index contributed by atoms with van der Waals surface area (Å²) in [5.41, 5.74) is 1.79. The summed E-state index contributed by atoms with van der Waals surface area (Å²) in [7, 11) is 0. The molecule has 7 rings (SSSR count). The van der Waals surface area contributed by atoms with E-state index in [1.165, 1.54) is 4.90 Å². The zero-order valence-electron chi connectivity index (χ0n) is 24.5. The van der Waals surface area contributed by atoms with Gasteiger partial charge in [-0.05, 0) is 30.7 Å². The molecule has 0 aliphatic carbocycles. The summed E-state index contributed by atoms with van der Waals surface area (Å²) in [6.45, 7) is 9.31. The predicted octanol–water partition coefficient (Wildman–Crippen LogP) is 4.06. The van der Waals surface area contributed by atoms with Gasteiger partial charge in [-0.3, -0.25) is 19.7 Å². The fourth-order valence-corrected chi connectivity index (χ4v) is 6.59. The molecule has 12 heteroatoms. The standard InChI is InChI=1S/C32H33F2N7O3/c1-19-5-3-6-21-14-35-15-24(26(19)21)28-27(34)29-25(16-36-28)30(39-8-10-40(11-9-39)31(42)20(2)33)38-32(37-29)43-12-4-7-41-17-23-13-22(41)18-44-23/h3,5-6,14-16,22-23H,2,4,7-13,17-18H2,1H3/t22-,23-/m0/s1. The van der Waals surface area contributed by atoms with Crippen molar-refractivity contribution < 1.29 is 23.0 Å². The molecule has 228 valence electrons. The highest BCUT2D eigenvalue weighted by Gasteiger charge is 2.38. The topological polar surface area (TPSA) is 96.8 Å². The van der Waals surface area contributed by atoms with Gasteiger partial charge >= 0.3 is 6.01 Å². The first kappa shape index (κ1) is 28.5. The number of hydrogen-bond acceptors (Lipinski definition) is 9. The van der Waals surface area contributed by atoms with Gasteiger partial charge in [0.25, 0.3) is 5.91 Å². The minimum Gasteiger partial charge on any atom is -0.463 e. The molecule has 4 aromatic rings. The Morgan fingerprint density at radius 3 is 2.75 bits per heavy atom. The normalized spacial score (nSPS) is 20.2. The van der Waals surface area contributed by atoms with E-state index < -0.39 is 17.6 Å². The van der Waals surface area contributed by atoms with Gasteiger partial charge in [-0.15, -0.1) is 0 Å². The molecular weight excluding hydrogens is 568 g/mol. The molecule has 3 aromatic heterocycles. The Morgan fingerprint density at radius 1 is 1.16 bits per heavy atom. The van der Waals surface area contributed by atoms with Gasteiger partial charge in [-0.25, -0.2) is 8.78 Å². The Kier molecular flexibility index (Phi) is 7.55. The Morgan fingerprint density at radius 2 is 2.00 bits per heavy atom. The van der Waals surface area contributed by atoms with E-state index >= 15 is 4.39 Å². The number of piperazine rings is 1. The molecule has 0 unspecified atom stereocenters. The maximum Gasteiger partial charge on any atom is 0.319 e. The fourth-order valence-electron chi connectivity index (χ4n) is 6.59. The van der Waals surface area contributed by atoms with Crippen LogP contribution in [0.15, 0.2) is 49.2 Å². The third-order valence-corrected chi connectivity index (χ3v) is 8.82. The molecule has 3 aliphatic rings. The molecule has 44 heavy (non-hydrogen) atoms. The van der Waals surface area contributed by atoms with Crippen molar-refractivity contribution in [3.63, 3.8) is 0 Å². The minimum atomic E-state index is -0.993. The van der Waals surface area contributed by atoms with Gasteiger partial charge in [0.1, 0.15) is 17.0 Å². The average Bonchev–Trinajstić information content (AvgIpc) is 3.67. The number of aromatic nitrogens is 4. The monoisotopic (exact) mass is 601 g/mol. The predicted molar refractivity (Wildman–Crippen MR) is 162 cm³/mol. The largest absolute Gasteiger partial charge is 0.463 e. The number of carbonyl (C=O) groups excluding carboxylic acids is 1. The second-order valence-electron chi connectivity index (χ2n) is 11.6. The van der Waals surface area contributed by atoms with Crippen LogP contribution in [-0.2, 0) is 9.53 Å². The van der Waals surface area contributed by atoms with Crippen LogP contribution in [0, 0.1) is 12.7 Å². The summed E-state index contributed by atoms with van der Waals surface area (Å²) >= 11 is 0. The van der Waals surface area contributed by atoms with Crippen molar-refractivity contribution in [3.05, 3.63) is 60.6 Å². The Bertz CT molecular complexity index is 1760. The highest BCUT2D eigenvalue weighted by molar-refractivity contribution is 6.00. The number of aryl methyl sites for hydroxylation is 1. The van der Waals surface area contributed by atoms with Gasteiger partial charge in [-0.1, -0.05) is 24.8 Å². The highest BCUT2D eigenvalue weighted by atomic mass is 19.1. The SMILES string of the molecule is C=C(F)C(=O)N1CCN(c2nc(OCCCN3C[C@@H]4C[C@H]3CO4)nc3c(F)c(-c4cncc5cccc(C)c45)ncc23)CC1. The van der Waals surface area contributed by atoms with Gasteiger partial charge in [-0.2, -0.15) is 9.97 Å². The second-order valence-corrected chi connectivity index (χ2v) is 11.6. The number of ether oxygens (including phenoxy) is 2. The van der Waals surface area contributed by atoms with Crippen molar-refractivity contribution in [3.8, 4) is 17.3 Å². The third-order valence-electron chi connectivity index (χ3n) is 8.82. The first-order valence-electron chi connectivity index (χ1n) is 14.9. The molecule has 0 spiro atoms. The lowest BCUT2D eigenvalue weighted by molar-refractivity contribution is -0.128. The molecule has 0 N–H and O–H groups in total. The number of amides is 1. The average molecular weight is 602 g/mol. The van der Waals surface area contributed by atoms with Crippen molar-refractivity contribution >= 4 is 33.4 Å². The number of anilines is 1. The van der Waals surface area contributed by atoms with Crippen LogP contribution >= 0.6 is 0 Å². The number of morpholine rings is 1. The number of carbonyl (C=O) groups is 1. The van der Waals surface area contributed by atoms with Crippen LogP contribution in [0.3, 0.4) is 0 Å². The fraction of sp³-hybridized carbons (Fsp3) is 0.406. The summed E-state index contributed by atoms with van der Waals surface area (Å²) < 4.78 is 41.7. The number of likely N-dealkylation sites (tertiary alicyclic amines) is 1. The third kappa shape index (κ3) is 5.22. The van der Waals surface area contributed by atoms with Crippen molar-refractivity contribution in [2.24, 2.45) is 0 Å². The summed E-state index contributed by atoms with van der Waals surface area (Å²) in [6, 6.07) is 6.38. The maximum absolute atomic E-state index is 16.5. The quantitative estimate of drug-likeness (QED) is 0.219. The van der Waals surface area contributed by atoms with Crippen LogP contribution in [0.2, 0.25) is 0 Å². The summed E-state index contributed by atoms with van der Waals surface area (Å²) in [5, 5.41) is 2.18. The smallest absolute Gasteiger partial charge is 0.319 e. The number of rotatable bonds is 8. The van der Waals surface area contributed by atoms with E-state index in [2.05, 4.69) is 31.4 Å². The van der Waals surface area contributed by atoms with Crippen molar-refractivity contribution in [2.75, 3.05) is 57.4 Å². The van der Waals surface area contributed by atoms with Crippen molar-refractivity contribution in [2.45, 2.75) is 31.9 Å². The summed E-state index contributed by atoms with van der Waals surface area (Å²) in [6.07, 6.45) is 7.13. The van der Waals surface area contributed by atoms with Crippen LogP contribution in [0.1, 0.15) is 18.4 Å². The van der Waals surface area contributed by atoms with Gasteiger partial charge in [0.2, 0.25) is 0 Å². The zero-order chi connectivity index (χ0) is 30.4. The van der Waals surface area contributed by atoms with Crippen LogP contribution in [0.4, 0.5) is 14.6 Å². The van der Waals surface area contributed by atoms with E-state index in [9.17, 15) is 9.18 Å². The summed E-state index contributed by atoms with van der Waals surface area (Å²) in [4.78, 5) is 36.0. The van der Waals surface area contributed by atoms with Crippen LogP contribution < -0.4 is 9.64 Å². The first-order chi connectivity index (χ1) is 21.4. The molecule has 3 saturated heterocycles. The lowest BCUT2D eigenvalue weighted by Crippen LogP contribution is -2.49. The molecule has 1 aromatic carbocycles. The van der Waals surface area contributed by atoms with E-state index in [-0.39, 0.29) is 30.3 Å². The number of nitrogens with zero attached hydrogens (tertiary/aromatic N) is 7. The molecule has 6 heterocycles. The lowest BCUT2D eigenvalue weighted by atomic mass is 10.00. The molecule has 1 amide bonds. The Balaban J connectivity index is 1.21. The van der Waals surface area contributed by atoms with E-state index in [1.807, 2.05) is 30.0 Å². The number of benzene rings is 1. The van der Waals surface area contributed by atoms with E-state index in [4.69, 9.17) is 9.47 Å². The number of hydrogen-bond donors (Lipinski definition) is 0. The zero-order valence-corrected chi connectivity index (χ0v) is 24.5. The first-order valence-corrected chi connectivity index (χ1v) is 14.9. The van der Waals surface area contributed by atoms with Crippen molar-refractivity contribution in [1.29, 1.82) is 0 Å². The number of pyridine rings is 2. The molecule has 10 nitrogen and oxygen atoms in total. The Labute approximate surface area is 253 Å². The number of halogens is 2. The second kappa shape index (κ2) is 11.7. The maximum atomic E-state index is 16.5. The molecule has 3 aliphatic heterocycles. The molecule has 0 saturated carbocycles. The molecule has 0 radical (unpaired) electrons. The van der Waals surface area contributed by atoms with Crippen LogP contribution in [-0.4, -0.2) is 100 Å². The van der Waals surface area contributed by atoms with Gasteiger partial charge in [0.05, 0.1) is 24.7 Å².